The van der Waals surface area contributed by atoms with Crippen molar-refractivity contribution < 1.29 is 13.9 Å². The van der Waals surface area contributed by atoms with Gasteiger partial charge >= 0.3 is 0 Å². The van der Waals surface area contributed by atoms with Crippen LogP contribution in [0.25, 0.3) is 0 Å². The normalized spacial score (nSPS) is 16.4. The van der Waals surface area contributed by atoms with E-state index in [1.54, 1.807) is 18.2 Å². The molecule has 1 aromatic carbocycles. The fourth-order valence-electron chi connectivity index (χ4n) is 3.15. The molecule has 1 heterocycles. The number of nitrogens with zero attached hydrogens (tertiary/aromatic N) is 3. The summed E-state index contributed by atoms with van der Waals surface area (Å²) in [4.78, 5) is 9.17. The average molecular weight is 508 g/mol. The van der Waals surface area contributed by atoms with Crippen LogP contribution in [-0.2, 0) is 4.74 Å². The maximum Gasteiger partial charge on any atom is 0.193 e. The molecule has 1 fully saturated rings. The van der Waals surface area contributed by atoms with E-state index in [4.69, 9.17) is 14.5 Å². The molecule has 0 spiro atoms. The second-order valence-electron chi connectivity index (χ2n) is 7.10. The Morgan fingerprint density at radius 3 is 2.54 bits per heavy atom. The number of likely N-dealkylation sites (N-methyl/N-ethyl adjacent to an activating group) is 2. The highest BCUT2D eigenvalue weighted by Gasteiger charge is 2.34. The van der Waals surface area contributed by atoms with Crippen molar-refractivity contribution in [2.45, 2.75) is 25.3 Å². The molecule has 0 radical (unpaired) electrons. The molecule has 0 bridgehead atoms. The first-order valence-corrected chi connectivity index (χ1v) is 9.60. The van der Waals surface area contributed by atoms with Crippen LogP contribution in [-0.4, -0.2) is 81.9 Å². The van der Waals surface area contributed by atoms with Crippen molar-refractivity contribution in [1.29, 1.82) is 0 Å². The molecule has 2 rings (SSSR count). The smallest absolute Gasteiger partial charge is 0.193 e. The van der Waals surface area contributed by atoms with Crippen LogP contribution in [0.1, 0.15) is 19.8 Å². The van der Waals surface area contributed by atoms with E-state index in [2.05, 4.69) is 31.2 Å². The molecule has 0 unspecified atom stereocenters. The van der Waals surface area contributed by atoms with Gasteiger partial charge < -0.3 is 24.6 Å². The maximum atomic E-state index is 13.6. The van der Waals surface area contributed by atoms with E-state index in [0.29, 0.717) is 19.7 Å². The summed E-state index contributed by atoms with van der Waals surface area (Å²) in [7, 11) is 6.19. The molecule has 28 heavy (non-hydrogen) atoms. The van der Waals surface area contributed by atoms with Crippen LogP contribution in [0.2, 0.25) is 0 Å². The van der Waals surface area contributed by atoms with E-state index in [0.717, 1.165) is 38.6 Å². The number of nitrogens with one attached hydrogen (secondary N) is 1. The molecule has 0 aliphatic carbocycles. The summed E-state index contributed by atoms with van der Waals surface area (Å²) >= 11 is 0. The van der Waals surface area contributed by atoms with Gasteiger partial charge in [-0.3, -0.25) is 4.99 Å². The first-order valence-electron chi connectivity index (χ1n) is 9.60. The summed E-state index contributed by atoms with van der Waals surface area (Å²) in [6.45, 7) is 6.09. The zero-order valence-corrected chi connectivity index (χ0v) is 19.7. The number of hydrogen-bond donors (Lipinski definition) is 1. The third-order valence-electron chi connectivity index (χ3n) is 5.11. The van der Waals surface area contributed by atoms with Gasteiger partial charge in [0, 0.05) is 32.3 Å². The summed E-state index contributed by atoms with van der Waals surface area (Å²) < 4.78 is 24.7. The molecule has 0 amide bonds. The van der Waals surface area contributed by atoms with Gasteiger partial charge in [0.25, 0.3) is 0 Å². The number of benzene rings is 1. The van der Waals surface area contributed by atoms with Crippen molar-refractivity contribution in [2.24, 2.45) is 4.99 Å². The molecule has 8 heteroatoms. The minimum Gasteiger partial charge on any atom is -0.489 e. The van der Waals surface area contributed by atoms with Crippen LogP contribution in [0.3, 0.4) is 0 Å². The van der Waals surface area contributed by atoms with Crippen LogP contribution >= 0.6 is 24.0 Å². The summed E-state index contributed by atoms with van der Waals surface area (Å²) in [5.41, 5.74) is 0.0312. The molecule has 1 aliphatic rings. The summed E-state index contributed by atoms with van der Waals surface area (Å²) in [6.07, 6.45) is 1.95. The number of hydrogen-bond acceptors (Lipinski definition) is 4. The van der Waals surface area contributed by atoms with E-state index in [1.165, 1.54) is 6.07 Å². The second-order valence-corrected chi connectivity index (χ2v) is 7.10. The molecule has 1 saturated heterocycles. The van der Waals surface area contributed by atoms with Crippen molar-refractivity contribution in [3.63, 3.8) is 0 Å². The quantitative estimate of drug-likeness (QED) is 0.333. The fourth-order valence-corrected chi connectivity index (χ4v) is 3.15. The SMILES string of the molecule is CCNC(=NCC1(N(C)C)CCOCC1)N(C)CCOc1ccccc1F.I. The van der Waals surface area contributed by atoms with Gasteiger partial charge in [0.15, 0.2) is 17.5 Å². The van der Waals surface area contributed by atoms with Crippen LogP contribution in [0.4, 0.5) is 4.39 Å². The Morgan fingerprint density at radius 2 is 1.93 bits per heavy atom. The van der Waals surface area contributed by atoms with Gasteiger partial charge in [0.05, 0.1) is 13.1 Å². The van der Waals surface area contributed by atoms with E-state index in [-0.39, 0.29) is 41.1 Å². The highest BCUT2D eigenvalue weighted by molar-refractivity contribution is 14.0. The zero-order chi connectivity index (χ0) is 19.7. The Kier molecular flexibility index (Phi) is 11.1. The lowest BCUT2D eigenvalue weighted by molar-refractivity contribution is -0.00263. The molecular weight excluding hydrogens is 474 g/mol. The highest BCUT2D eigenvalue weighted by atomic mass is 127. The first kappa shape index (κ1) is 24.9. The lowest BCUT2D eigenvalue weighted by Gasteiger charge is -2.42. The van der Waals surface area contributed by atoms with Crippen LogP contribution in [0.15, 0.2) is 29.3 Å². The Labute approximate surface area is 185 Å². The Balaban J connectivity index is 0.00000392. The van der Waals surface area contributed by atoms with E-state index < -0.39 is 0 Å². The van der Waals surface area contributed by atoms with Crippen molar-refractivity contribution >= 4 is 29.9 Å². The van der Waals surface area contributed by atoms with Gasteiger partial charge in [-0.15, -0.1) is 24.0 Å². The van der Waals surface area contributed by atoms with Gasteiger partial charge in [-0.2, -0.15) is 0 Å². The summed E-state index contributed by atoms with van der Waals surface area (Å²) in [5, 5.41) is 3.33. The number of guanidine groups is 1. The Hall–Kier alpha value is -1.13. The van der Waals surface area contributed by atoms with Crippen molar-refractivity contribution in [3.05, 3.63) is 30.1 Å². The minimum absolute atomic E-state index is 0. The predicted octanol–water partition coefficient (Wildman–Crippen LogP) is 2.83. The van der Waals surface area contributed by atoms with Crippen molar-refractivity contribution in [3.8, 4) is 5.75 Å². The lowest BCUT2D eigenvalue weighted by atomic mass is 9.89. The molecule has 160 valence electrons. The zero-order valence-electron chi connectivity index (χ0n) is 17.4. The highest BCUT2D eigenvalue weighted by Crippen LogP contribution is 2.26. The number of para-hydroxylation sites is 1. The first-order chi connectivity index (χ1) is 13.0. The van der Waals surface area contributed by atoms with Gasteiger partial charge in [-0.1, -0.05) is 12.1 Å². The fraction of sp³-hybridized carbons (Fsp3) is 0.650. The van der Waals surface area contributed by atoms with Crippen LogP contribution < -0.4 is 10.1 Å². The molecular formula is C20H34FIN4O2. The topological polar surface area (TPSA) is 49.3 Å². The Bertz CT molecular complexity index is 610. The second kappa shape index (κ2) is 12.4. The molecule has 6 nitrogen and oxygen atoms in total. The predicted molar refractivity (Wildman–Crippen MR) is 122 cm³/mol. The van der Waals surface area contributed by atoms with Gasteiger partial charge in [0.1, 0.15) is 6.61 Å². The summed E-state index contributed by atoms with van der Waals surface area (Å²) in [6, 6.07) is 6.46. The summed E-state index contributed by atoms with van der Waals surface area (Å²) in [5.74, 6) is 0.775. The van der Waals surface area contributed by atoms with E-state index in [1.807, 2.05) is 11.9 Å². The molecule has 1 aliphatic heterocycles. The molecule has 0 saturated carbocycles. The van der Waals surface area contributed by atoms with E-state index >= 15 is 0 Å². The number of ether oxygens (including phenoxy) is 2. The number of rotatable bonds is 8. The van der Waals surface area contributed by atoms with Gasteiger partial charge in [-0.05, 0) is 46.0 Å². The number of aliphatic imine (C=N–C) groups is 1. The van der Waals surface area contributed by atoms with Crippen molar-refractivity contribution in [2.75, 3.05) is 60.6 Å². The lowest BCUT2D eigenvalue weighted by Crippen LogP contribution is -2.52. The van der Waals surface area contributed by atoms with Crippen molar-refractivity contribution in [1.82, 2.24) is 15.1 Å². The largest absolute Gasteiger partial charge is 0.489 e. The molecule has 0 aromatic heterocycles. The molecule has 1 aromatic rings. The molecule has 0 atom stereocenters. The minimum atomic E-state index is -0.340. The monoisotopic (exact) mass is 508 g/mol. The third kappa shape index (κ3) is 7.04. The van der Waals surface area contributed by atoms with Crippen LogP contribution in [0, 0.1) is 5.82 Å². The van der Waals surface area contributed by atoms with Gasteiger partial charge in [-0.25, -0.2) is 4.39 Å². The van der Waals surface area contributed by atoms with E-state index in [9.17, 15) is 4.39 Å². The standard InChI is InChI=1S/C20H33FN4O2.HI/c1-5-22-19(23-16-20(24(2)3)10-13-26-14-11-20)25(4)12-15-27-18-9-7-6-8-17(18)21;/h6-9H,5,10-16H2,1-4H3,(H,22,23);1H. The van der Waals surface area contributed by atoms with Gasteiger partial charge in [0.2, 0.25) is 0 Å². The average Bonchev–Trinajstić information content (AvgIpc) is 2.67. The Morgan fingerprint density at radius 1 is 1.25 bits per heavy atom. The third-order valence-corrected chi connectivity index (χ3v) is 5.11. The molecule has 1 N–H and O–H groups in total. The maximum absolute atomic E-state index is 13.6. The van der Waals surface area contributed by atoms with Crippen LogP contribution in [0.5, 0.6) is 5.75 Å². The number of halogens is 2.